The predicted molar refractivity (Wildman–Crippen MR) is 93.8 cm³/mol. The van der Waals surface area contributed by atoms with Crippen LogP contribution in [0.1, 0.15) is 32.8 Å². The summed E-state index contributed by atoms with van der Waals surface area (Å²) in [5.74, 6) is -1.05. The Hall–Kier alpha value is -2.63. The van der Waals surface area contributed by atoms with Gasteiger partial charge in [0.2, 0.25) is 0 Å². The fraction of sp³-hybridized carbons (Fsp3) is 0.389. The summed E-state index contributed by atoms with van der Waals surface area (Å²) in [6.07, 6.45) is 3.06. The highest BCUT2D eigenvalue weighted by Gasteiger charge is 2.37. The number of carbonyl (C=O) groups is 2. The maximum absolute atomic E-state index is 11.5. The van der Waals surface area contributed by atoms with E-state index in [2.05, 4.69) is 41.4 Å². The number of amides is 1. The van der Waals surface area contributed by atoms with Gasteiger partial charge in [-0.1, -0.05) is 32.0 Å². The molecule has 6 nitrogen and oxygen atoms in total. The van der Waals surface area contributed by atoms with Crippen LogP contribution >= 0.6 is 0 Å². The smallest absolute Gasteiger partial charge is 0.315 e. The molecule has 0 unspecified atom stereocenters. The third-order valence-corrected chi connectivity index (χ3v) is 4.05. The Kier molecular flexibility index (Phi) is 5.39. The molecule has 0 fully saturated rings. The molecule has 0 spiro atoms. The van der Waals surface area contributed by atoms with Crippen LogP contribution in [0.5, 0.6) is 0 Å². The molecule has 0 aliphatic carbocycles. The lowest BCUT2D eigenvalue weighted by Gasteiger charge is -2.23. The number of nitrogens with zero attached hydrogens (tertiary/aromatic N) is 2. The molecule has 1 heterocycles. The van der Waals surface area contributed by atoms with E-state index in [1.807, 2.05) is 25.3 Å². The van der Waals surface area contributed by atoms with Gasteiger partial charge < -0.3 is 9.64 Å². The molecule has 0 radical (unpaired) electrons. The van der Waals surface area contributed by atoms with Gasteiger partial charge in [-0.15, -0.1) is 0 Å². The number of para-hydroxylation sites is 1. The number of carbonyl (C=O) groups excluding carboxylic acids is 2. The van der Waals surface area contributed by atoms with Crippen molar-refractivity contribution < 1.29 is 14.3 Å². The Morgan fingerprint density at radius 1 is 1.33 bits per heavy atom. The van der Waals surface area contributed by atoms with Crippen LogP contribution in [-0.2, 0) is 19.7 Å². The Bertz CT molecular complexity index is 693. The summed E-state index contributed by atoms with van der Waals surface area (Å²) in [5.41, 5.74) is 5.66. The van der Waals surface area contributed by atoms with Crippen molar-refractivity contribution in [3.8, 4) is 0 Å². The van der Waals surface area contributed by atoms with Crippen molar-refractivity contribution in [2.45, 2.75) is 32.6 Å². The number of benzene rings is 1. The van der Waals surface area contributed by atoms with E-state index in [0.717, 1.165) is 11.4 Å². The summed E-state index contributed by atoms with van der Waals surface area (Å²) >= 11 is 0. The van der Waals surface area contributed by atoms with Crippen molar-refractivity contribution in [1.29, 1.82) is 0 Å². The number of nitrogens with one attached hydrogen (secondary N) is 1. The Morgan fingerprint density at radius 3 is 2.71 bits per heavy atom. The van der Waals surface area contributed by atoms with E-state index in [1.54, 1.807) is 6.92 Å². The first-order valence-corrected chi connectivity index (χ1v) is 7.89. The Morgan fingerprint density at radius 2 is 2.04 bits per heavy atom. The summed E-state index contributed by atoms with van der Waals surface area (Å²) in [6, 6.07) is 8.24. The molecule has 1 amide bonds. The van der Waals surface area contributed by atoms with Crippen LogP contribution in [0, 0.1) is 0 Å². The third-order valence-electron chi connectivity index (χ3n) is 4.05. The normalized spacial score (nSPS) is 17.2. The van der Waals surface area contributed by atoms with E-state index in [9.17, 15) is 9.59 Å². The summed E-state index contributed by atoms with van der Waals surface area (Å²) in [7, 11) is 2.01. The molecule has 2 rings (SSSR count). The van der Waals surface area contributed by atoms with Gasteiger partial charge in [0.25, 0.3) is 5.91 Å². The lowest BCUT2D eigenvalue weighted by molar-refractivity contribution is -0.145. The number of allylic oxidation sites excluding steroid dienone is 2. The number of likely N-dealkylation sites (N-methyl/N-ethyl adjacent to an activating group) is 1. The molecule has 0 aromatic heterocycles. The van der Waals surface area contributed by atoms with Gasteiger partial charge in [0, 0.05) is 30.1 Å². The molecule has 1 aromatic carbocycles. The van der Waals surface area contributed by atoms with E-state index in [4.69, 9.17) is 4.74 Å². The maximum Gasteiger partial charge on any atom is 0.315 e. The molecule has 1 aliphatic heterocycles. The number of hydrogen-bond donors (Lipinski definition) is 1. The second-order valence-electron chi connectivity index (χ2n) is 6.05. The summed E-state index contributed by atoms with van der Waals surface area (Å²) < 4.78 is 4.71. The SMILES string of the molecule is CCOC(=O)CC(=O)NN=CC=C1N(C)c2ccccc2C1(C)C. The first-order valence-electron chi connectivity index (χ1n) is 7.89. The summed E-state index contributed by atoms with van der Waals surface area (Å²) in [5, 5.41) is 3.88. The van der Waals surface area contributed by atoms with Gasteiger partial charge >= 0.3 is 5.97 Å². The zero-order chi connectivity index (χ0) is 17.7. The summed E-state index contributed by atoms with van der Waals surface area (Å²) in [6.45, 7) is 6.24. The third kappa shape index (κ3) is 3.64. The van der Waals surface area contributed by atoms with Crippen LogP contribution in [0.15, 0.2) is 41.1 Å². The number of ether oxygens (including phenoxy) is 1. The predicted octanol–water partition coefficient (Wildman–Crippen LogP) is 2.35. The molecule has 0 atom stereocenters. The number of fused-ring (bicyclic) bond motifs is 1. The van der Waals surface area contributed by atoms with Gasteiger partial charge in [0.15, 0.2) is 0 Å². The molecule has 1 aromatic rings. The lowest BCUT2D eigenvalue weighted by atomic mass is 9.84. The fourth-order valence-electron chi connectivity index (χ4n) is 2.90. The van der Waals surface area contributed by atoms with E-state index < -0.39 is 11.9 Å². The molecular formula is C18H23N3O3. The van der Waals surface area contributed by atoms with Crippen molar-refractivity contribution in [3.63, 3.8) is 0 Å². The standard InChI is InChI=1S/C18H23N3O3/c1-5-24-17(23)12-16(22)20-19-11-10-15-18(2,3)13-8-6-7-9-14(13)21(15)4/h6-11H,5,12H2,1-4H3,(H,20,22). The number of esters is 1. The number of hydrazone groups is 1. The van der Waals surface area contributed by atoms with Gasteiger partial charge in [0.05, 0.1) is 6.61 Å². The number of hydrogen-bond acceptors (Lipinski definition) is 5. The van der Waals surface area contributed by atoms with E-state index in [1.165, 1.54) is 11.8 Å². The molecule has 1 aliphatic rings. The quantitative estimate of drug-likeness (QED) is 0.390. The average molecular weight is 329 g/mol. The van der Waals surface area contributed by atoms with Crippen LogP contribution in [0.25, 0.3) is 0 Å². The average Bonchev–Trinajstić information content (AvgIpc) is 2.72. The molecule has 128 valence electrons. The molecule has 0 saturated heterocycles. The minimum Gasteiger partial charge on any atom is -0.466 e. The highest BCUT2D eigenvalue weighted by atomic mass is 16.5. The minimum absolute atomic E-state index is 0.147. The van der Waals surface area contributed by atoms with E-state index in [0.29, 0.717) is 0 Å². The maximum atomic E-state index is 11.5. The van der Waals surface area contributed by atoms with Gasteiger partial charge in [-0.25, -0.2) is 5.43 Å². The molecule has 1 N–H and O–H groups in total. The second-order valence-corrected chi connectivity index (χ2v) is 6.05. The number of rotatable bonds is 5. The molecule has 0 bridgehead atoms. The van der Waals surface area contributed by atoms with Crippen molar-refractivity contribution in [3.05, 3.63) is 41.6 Å². The molecule has 24 heavy (non-hydrogen) atoms. The van der Waals surface area contributed by atoms with Gasteiger partial charge in [0.1, 0.15) is 6.42 Å². The largest absolute Gasteiger partial charge is 0.466 e. The van der Waals surface area contributed by atoms with Crippen LogP contribution in [0.4, 0.5) is 5.69 Å². The van der Waals surface area contributed by atoms with Gasteiger partial charge in [-0.05, 0) is 24.6 Å². The van der Waals surface area contributed by atoms with Crippen LogP contribution in [0.3, 0.4) is 0 Å². The minimum atomic E-state index is -0.560. The van der Waals surface area contributed by atoms with E-state index in [-0.39, 0.29) is 18.4 Å². The number of anilines is 1. The fourth-order valence-corrected chi connectivity index (χ4v) is 2.90. The lowest BCUT2D eigenvalue weighted by Crippen LogP contribution is -2.24. The van der Waals surface area contributed by atoms with Crippen molar-refractivity contribution in [2.24, 2.45) is 5.10 Å². The topological polar surface area (TPSA) is 71.0 Å². The summed E-state index contributed by atoms with van der Waals surface area (Å²) in [4.78, 5) is 24.8. The van der Waals surface area contributed by atoms with Crippen molar-refractivity contribution in [1.82, 2.24) is 5.43 Å². The van der Waals surface area contributed by atoms with Crippen molar-refractivity contribution in [2.75, 3.05) is 18.6 Å². The Labute approximate surface area is 142 Å². The second kappa shape index (κ2) is 7.29. The van der Waals surface area contributed by atoms with Crippen LogP contribution in [-0.4, -0.2) is 31.7 Å². The highest BCUT2D eigenvalue weighted by molar-refractivity contribution is 5.94. The highest BCUT2D eigenvalue weighted by Crippen LogP contribution is 2.46. The first-order chi connectivity index (χ1) is 11.4. The molecule has 0 saturated carbocycles. The zero-order valence-electron chi connectivity index (χ0n) is 14.5. The van der Waals surface area contributed by atoms with Crippen LogP contribution < -0.4 is 10.3 Å². The van der Waals surface area contributed by atoms with Gasteiger partial charge in [-0.2, -0.15) is 5.10 Å². The van der Waals surface area contributed by atoms with Crippen LogP contribution in [0.2, 0.25) is 0 Å². The first kappa shape index (κ1) is 17.7. The molecule has 6 heteroatoms. The van der Waals surface area contributed by atoms with E-state index >= 15 is 0 Å². The Balaban J connectivity index is 2.02. The zero-order valence-corrected chi connectivity index (χ0v) is 14.5. The molecular weight excluding hydrogens is 306 g/mol. The monoisotopic (exact) mass is 329 g/mol. The van der Waals surface area contributed by atoms with Gasteiger partial charge in [-0.3, -0.25) is 9.59 Å². The van der Waals surface area contributed by atoms with Crippen molar-refractivity contribution >= 4 is 23.8 Å².